The Morgan fingerprint density at radius 1 is 1.44 bits per heavy atom. The van der Waals surface area contributed by atoms with E-state index in [0.717, 1.165) is 36.2 Å². The molecule has 0 amide bonds. The first-order valence-electron chi connectivity index (χ1n) is 6.64. The van der Waals surface area contributed by atoms with Crippen molar-refractivity contribution in [2.45, 2.75) is 32.4 Å². The van der Waals surface area contributed by atoms with Gasteiger partial charge in [-0.15, -0.1) is 10.2 Å². The molecule has 1 unspecified atom stereocenters. The van der Waals surface area contributed by atoms with E-state index in [2.05, 4.69) is 46.3 Å². The highest BCUT2D eigenvalue weighted by molar-refractivity contribution is 7.15. The molecule has 6 heteroatoms. The summed E-state index contributed by atoms with van der Waals surface area (Å²) in [5.41, 5.74) is 0. The van der Waals surface area contributed by atoms with Gasteiger partial charge in [-0.1, -0.05) is 18.3 Å². The molecular weight excluding hydrogens is 246 g/mol. The quantitative estimate of drug-likeness (QED) is 0.848. The SMILES string of the molecule is CCCNc1nnc(CN2CCC(N(C)C)C2)s1. The standard InChI is InChI=1S/C12H23N5S/c1-4-6-13-12-15-14-11(18-12)9-17-7-5-10(8-17)16(2)3/h10H,4-9H2,1-3H3,(H,13,15). The Bertz CT molecular complexity index is 365. The summed E-state index contributed by atoms with van der Waals surface area (Å²) in [6, 6.07) is 0.690. The molecule has 1 fully saturated rings. The monoisotopic (exact) mass is 269 g/mol. The number of nitrogens with zero attached hydrogens (tertiary/aromatic N) is 4. The van der Waals surface area contributed by atoms with Gasteiger partial charge in [0.15, 0.2) is 0 Å². The van der Waals surface area contributed by atoms with E-state index in [1.54, 1.807) is 11.3 Å². The molecule has 1 saturated heterocycles. The minimum Gasteiger partial charge on any atom is -0.360 e. The lowest BCUT2D eigenvalue weighted by molar-refractivity contribution is 0.264. The second-order valence-corrected chi connectivity index (χ2v) is 6.13. The van der Waals surface area contributed by atoms with Crippen molar-refractivity contribution < 1.29 is 0 Å². The van der Waals surface area contributed by atoms with Crippen LogP contribution in [0.5, 0.6) is 0 Å². The Kier molecular flexibility index (Phi) is 4.91. The molecule has 0 radical (unpaired) electrons. The molecule has 1 aromatic heterocycles. The van der Waals surface area contributed by atoms with Crippen LogP contribution in [0.1, 0.15) is 24.8 Å². The third-order valence-electron chi connectivity index (χ3n) is 3.33. The van der Waals surface area contributed by atoms with Gasteiger partial charge in [-0.25, -0.2) is 0 Å². The summed E-state index contributed by atoms with van der Waals surface area (Å²) in [6.07, 6.45) is 2.37. The van der Waals surface area contributed by atoms with Crippen LogP contribution in [0.2, 0.25) is 0 Å². The lowest BCUT2D eigenvalue weighted by atomic mass is 10.2. The summed E-state index contributed by atoms with van der Waals surface area (Å²) in [5, 5.41) is 13.8. The van der Waals surface area contributed by atoms with E-state index in [9.17, 15) is 0 Å². The second kappa shape index (κ2) is 6.45. The van der Waals surface area contributed by atoms with E-state index in [1.807, 2.05) is 0 Å². The van der Waals surface area contributed by atoms with Crippen LogP contribution in [0.3, 0.4) is 0 Å². The number of anilines is 1. The second-order valence-electron chi connectivity index (χ2n) is 5.07. The fourth-order valence-electron chi connectivity index (χ4n) is 2.19. The summed E-state index contributed by atoms with van der Waals surface area (Å²) in [7, 11) is 4.32. The average Bonchev–Trinajstić information content (AvgIpc) is 2.96. The van der Waals surface area contributed by atoms with Gasteiger partial charge in [0.1, 0.15) is 5.01 Å². The van der Waals surface area contributed by atoms with E-state index in [4.69, 9.17) is 0 Å². The smallest absolute Gasteiger partial charge is 0.205 e. The Hall–Kier alpha value is -0.720. The van der Waals surface area contributed by atoms with Gasteiger partial charge in [-0.05, 0) is 26.9 Å². The van der Waals surface area contributed by atoms with E-state index < -0.39 is 0 Å². The topological polar surface area (TPSA) is 44.3 Å². The zero-order valence-corrected chi connectivity index (χ0v) is 12.3. The van der Waals surface area contributed by atoms with Crippen molar-refractivity contribution in [3.05, 3.63) is 5.01 Å². The van der Waals surface area contributed by atoms with E-state index >= 15 is 0 Å². The number of rotatable bonds is 6. The van der Waals surface area contributed by atoms with Crippen LogP contribution in [0.4, 0.5) is 5.13 Å². The Balaban J connectivity index is 1.81. The third kappa shape index (κ3) is 3.63. The van der Waals surface area contributed by atoms with Crippen molar-refractivity contribution in [3.8, 4) is 0 Å². The highest BCUT2D eigenvalue weighted by Gasteiger charge is 2.24. The molecule has 0 bridgehead atoms. The maximum Gasteiger partial charge on any atom is 0.205 e. The molecule has 2 heterocycles. The van der Waals surface area contributed by atoms with Crippen LogP contribution in [0.15, 0.2) is 0 Å². The minimum absolute atomic E-state index is 0.690. The van der Waals surface area contributed by atoms with Crippen molar-refractivity contribution in [1.29, 1.82) is 0 Å². The number of nitrogens with one attached hydrogen (secondary N) is 1. The fraction of sp³-hybridized carbons (Fsp3) is 0.833. The van der Waals surface area contributed by atoms with Crippen molar-refractivity contribution in [2.24, 2.45) is 0 Å². The summed E-state index contributed by atoms with van der Waals surface area (Å²) in [6.45, 7) is 6.38. The zero-order valence-electron chi connectivity index (χ0n) is 11.5. The predicted molar refractivity (Wildman–Crippen MR) is 76.1 cm³/mol. The van der Waals surface area contributed by atoms with Crippen LogP contribution < -0.4 is 5.32 Å². The van der Waals surface area contributed by atoms with Gasteiger partial charge in [-0.3, -0.25) is 4.90 Å². The summed E-state index contributed by atoms with van der Waals surface area (Å²) >= 11 is 1.68. The van der Waals surface area contributed by atoms with Crippen LogP contribution in [0, 0.1) is 0 Å². The molecule has 2 rings (SSSR count). The van der Waals surface area contributed by atoms with Gasteiger partial charge >= 0.3 is 0 Å². The number of hydrogen-bond donors (Lipinski definition) is 1. The van der Waals surface area contributed by atoms with Gasteiger partial charge in [0.2, 0.25) is 5.13 Å². The molecule has 5 nitrogen and oxygen atoms in total. The number of likely N-dealkylation sites (tertiary alicyclic amines) is 1. The van der Waals surface area contributed by atoms with E-state index in [1.165, 1.54) is 13.0 Å². The first-order valence-corrected chi connectivity index (χ1v) is 7.45. The van der Waals surface area contributed by atoms with Crippen molar-refractivity contribution >= 4 is 16.5 Å². The molecule has 0 saturated carbocycles. The fourth-order valence-corrected chi connectivity index (χ4v) is 3.00. The first kappa shape index (κ1) is 13.7. The highest BCUT2D eigenvalue weighted by Crippen LogP contribution is 2.20. The molecular formula is C12H23N5S. The molecule has 1 aromatic rings. The molecule has 1 N–H and O–H groups in total. The molecule has 0 aromatic carbocycles. The summed E-state index contributed by atoms with van der Waals surface area (Å²) in [4.78, 5) is 4.78. The van der Waals surface area contributed by atoms with Crippen LogP contribution in [-0.2, 0) is 6.54 Å². The third-order valence-corrected chi connectivity index (χ3v) is 4.20. The summed E-state index contributed by atoms with van der Waals surface area (Å²) < 4.78 is 0. The molecule has 18 heavy (non-hydrogen) atoms. The molecule has 1 aliphatic rings. The van der Waals surface area contributed by atoms with Crippen LogP contribution >= 0.6 is 11.3 Å². The number of likely N-dealkylation sites (N-methyl/N-ethyl adjacent to an activating group) is 1. The van der Waals surface area contributed by atoms with E-state index in [0.29, 0.717) is 6.04 Å². The highest BCUT2D eigenvalue weighted by atomic mass is 32.1. The maximum atomic E-state index is 4.25. The molecule has 0 spiro atoms. The van der Waals surface area contributed by atoms with Gasteiger partial charge in [0.25, 0.3) is 0 Å². The minimum atomic E-state index is 0.690. The van der Waals surface area contributed by atoms with Crippen LogP contribution in [0.25, 0.3) is 0 Å². The lowest BCUT2D eigenvalue weighted by Gasteiger charge is -2.19. The number of hydrogen-bond acceptors (Lipinski definition) is 6. The lowest BCUT2D eigenvalue weighted by Crippen LogP contribution is -2.31. The van der Waals surface area contributed by atoms with Gasteiger partial charge in [0.05, 0.1) is 6.54 Å². The van der Waals surface area contributed by atoms with Gasteiger partial charge in [-0.2, -0.15) is 0 Å². The van der Waals surface area contributed by atoms with Crippen molar-refractivity contribution in [1.82, 2.24) is 20.0 Å². The molecule has 0 aliphatic carbocycles. The van der Waals surface area contributed by atoms with Gasteiger partial charge < -0.3 is 10.2 Å². The van der Waals surface area contributed by atoms with E-state index in [-0.39, 0.29) is 0 Å². The zero-order chi connectivity index (χ0) is 13.0. The van der Waals surface area contributed by atoms with Crippen LogP contribution in [-0.4, -0.2) is 59.8 Å². The average molecular weight is 269 g/mol. The largest absolute Gasteiger partial charge is 0.360 e. The predicted octanol–water partition coefficient (Wildman–Crippen LogP) is 1.50. The Morgan fingerprint density at radius 3 is 2.94 bits per heavy atom. The van der Waals surface area contributed by atoms with Gasteiger partial charge in [0, 0.05) is 25.7 Å². The molecule has 102 valence electrons. The normalized spacial score (nSPS) is 20.8. The Morgan fingerprint density at radius 2 is 2.28 bits per heavy atom. The molecule has 1 atom stereocenters. The Labute approximate surface area is 113 Å². The van der Waals surface area contributed by atoms with Crippen molar-refractivity contribution in [3.63, 3.8) is 0 Å². The van der Waals surface area contributed by atoms with Crippen molar-refractivity contribution in [2.75, 3.05) is 39.0 Å². The first-order chi connectivity index (χ1) is 8.69. The molecule has 1 aliphatic heterocycles. The summed E-state index contributed by atoms with van der Waals surface area (Å²) in [5.74, 6) is 0. The number of aromatic nitrogens is 2. The maximum absolute atomic E-state index is 4.25.